The first kappa shape index (κ1) is 17.3. The zero-order chi connectivity index (χ0) is 7.71. The average Bonchev–Trinajstić information content (AvgIpc) is 1.14. The van der Waals surface area contributed by atoms with Crippen LogP contribution in [-0.4, -0.2) is 36.4 Å². The van der Waals surface area contributed by atoms with E-state index in [2.05, 4.69) is 0 Å². The highest BCUT2D eigenvalue weighted by molar-refractivity contribution is 7.69. The molecule has 0 saturated heterocycles. The molecule has 0 aromatic heterocycles. The van der Waals surface area contributed by atoms with Gasteiger partial charge in [-0.05, 0) is 0 Å². The van der Waals surface area contributed by atoms with Gasteiger partial charge < -0.3 is 30.5 Å². The van der Waals surface area contributed by atoms with Gasteiger partial charge in [0, 0.05) is 0 Å². The van der Waals surface area contributed by atoms with Gasteiger partial charge in [-0.15, -0.1) is 0 Å². The van der Waals surface area contributed by atoms with Crippen molar-refractivity contribution < 1.29 is 39.7 Å². The second-order valence-electron chi connectivity index (χ2n) is 1.47. The Morgan fingerprint density at radius 2 is 1.00 bits per heavy atom. The molecular formula is CH10O8P2. The molecule has 0 unspecified atom stereocenters. The summed E-state index contributed by atoms with van der Waals surface area (Å²) in [7, 11) is -9.10. The molecule has 0 heterocycles. The smallest absolute Gasteiger partial charge is 0.337 e. The van der Waals surface area contributed by atoms with E-state index in [1.165, 1.54) is 0 Å². The minimum absolute atomic E-state index is 0. The standard InChI is InChI=1S/CH6O6P2.2H2O/c2-8(3,4)1-9(5,6)7;;/h1H2,(H2,2,3,4)(H2,5,6,7);2*1H2. The summed E-state index contributed by atoms with van der Waals surface area (Å²) < 4.78 is 19.7. The van der Waals surface area contributed by atoms with Crippen molar-refractivity contribution in [1.82, 2.24) is 0 Å². The molecule has 0 aromatic rings. The lowest BCUT2D eigenvalue weighted by molar-refractivity contribution is 0.357. The highest BCUT2D eigenvalue weighted by Crippen LogP contribution is 2.51. The molecule has 0 bridgehead atoms. The molecule has 11 heavy (non-hydrogen) atoms. The molecule has 0 aliphatic rings. The lowest BCUT2D eigenvalue weighted by atomic mass is 11.9. The summed E-state index contributed by atoms with van der Waals surface area (Å²) in [6, 6.07) is 0. The monoisotopic (exact) mass is 212 g/mol. The van der Waals surface area contributed by atoms with E-state index in [-0.39, 0.29) is 11.0 Å². The van der Waals surface area contributed by atoms with Crippen molar-refractivity contribution in [2.45, 2.75) is 0 Å². The van der Waals surface area contributed by atoms with Gasteiger partial charge in [-0.2, -0.15) is 0 Å². The number of hydrogen-bond acceptors (Lipinski definition) is 2. The van der Waals surface area contributed by atoms with Crippen molar-refractivity contribution in [3.63, 3.8) is 0 Å². The molecule has 0 amide bonds. The van der Waals surface area contributed by atoms with E-state index >= 15 is 0 Å². The van der Waals surface area contributed by atoms with E-state index in [0.717, 1.165) is 0 Å². The molecule has 10 heteroatoms. The van der Waals surface area contributed by atoms with Gasteiger partial charge in [-0.3, -0.25) is 9.13 Å². The van der Waals surface area contributed by atoms with Crippen LogP contribution in [0.3, 0.4) is 0 Å². The Kier molecular flexibility index (Phi) is 7.84. The zero-order valence-corrected chi connectivity index (χ0v) is 7.00. The predicted molar refractivity (Wildman–Crippen MR) is 36.2 cm³/mol. The maximum atomic E-state index is 9.85. The van der Waals surface area contributed by atoms with Crippen molar-refractivity contribution in [2.75, 3.05) is 5.90 Å². The summed E-state index contributed by atoms with van der Waals surface area (Å²) in [4.78, 5) is 31.9. The maximum absolute atomic E-state index is 9.85. The summed E-state index contributed by atoms with van der Waals surface area (Å²) in [5.74, 6) is -1.38. The van der Waals surface area contributed by atoms with Gasteiger partial charge in [0.05, 0.1) is 0 Å². The first-order valence-corrected chi connectivity index (χ1v) is 5.39. The van der Waals surface area contributed by atoms with E-state index in [1.807, 2.05) is 0 Å². The molecule has 8 N–H and O–H groups in total. The minimum Gasteiger partial charge on any atom is -0.412 e. The molecule has 0 spiro atoms. The Balaban J connectivity index is -0.000000320. The third-order valence-corrected chi connectivity index (χ3v) is 3.32. The van der Waals surface area contributed by atoms with Crippen LogP contribution >= 0.6 is 15.2 Å². The van der Waals surface area contributed by atoms with Gasteiger partial charge in [0.1, 0.15) is 0 Å². The van der Waals surface area contributed by atoms with Crippen LogP contribution in [0.4, 0.5) is 0 Å². The molecule has 0 radical (unpaired) electrons. The van der Waals surface area contributed by atoms with Crippen molar-refractivity contribution in [3.8, 4) is 0 Å². The van der Waals surface area contributed by atoms with Crippen LogP contribution in [-0.2, 0) is 9.13 Å². The van der Waals surface area contributed by atoms with Crippen LogP contribution in [0.15, 0.2) is 0 Å². The summed E-state index contributed by atoms with van der Waals surface area (Å²) in [5.41, 5.74) is 0. The maximum Gasteiger partial charge on any atom is 0.337 e. The summed E-state index contributed by atoms with van der Waals surface area (Å²) in [6.07, 6.45) is 0. The van der Waals surface area contributed by atoms with E-state index in [0.29, 0.717) is 0 Å². The van der Waals surface area contributed by atoms with Gasteiger partial charge in [0.15, 0.2) is 5.90 Å². The predicted octanol–water partition coefficient (Wildman–Crippen LogP) is -2.35. The zero-order valence-electron chi connectivity index (χ0n) is 5.21. The quantitative estimate of drug-likeness (QED) is 0.372. The molecule has 0 aliphatic heterocycles. The van der Waals surface area contributed by atoms with Crippen LogP contribution in [0.25, 0.3) is 0 Å². The van der Waals surface area contributed by atoms with Crippen LogP contribution < -0.4 is 0 Å². The van der Waals surface area contributed by atoms with Crippen LogP contribution in [0.5, 0.6) is 0 Å². The third kappa shape index (κ3) is 17.8. The van der Waals surface area contributed by atoms with E-state index in [1.54, 1.807) is 0 Å². The van der Waals surface area contributed by atoms with Gasteiger partial charge >= 0.3 is 15.2 Å². The molecule has 0 atom stereocenters. The highest BCUT2D eigenvalue weighted by atomic mass is 31.2. The SMILES string of the molecule is O.O.O=P(O)(O)CP(=O)(O)O. The lowest BCUT2D eigenvalue weighted by Crippen LogP contribution is -1.88. The van der Waals surface area contributed by atoms with E-state index in [4.69, 9.17) is 19.6 Å². The Morgan fingerprint density at radius 1 is 0.818 bits per heavy atom. The summed E-state index contributed by atoms with van der Waals surface area (Å²) in [5, 5.41) is 0. The molecule has 0 saturated carbocycles. The summed E-state index contributed by atoms with van der Waals surface area (Å²) >= 11 is 0. The van der Waals surface area contributed by atoms with Crippen molar-refractivity contribution >= 4 is 15.2 Å². The normalized spacial score (nSPS) is 11.3. The van der Waals surface area contributed by atoms with Crippen LogP contribution in [0, 0.1) is 0 Å². The average molecular weight is 212 g/mol. The molecule has 8 nitrogen and oxygen atoms in total. The van der Waals surface area contributed by atoms with Crippen molar-refractivity contribution in [2.24, 2.45) is 0 Å². The Labute approximate surface area is 61.8 Å². The number of hydrogen-bond donors (Lipinski definition) is 4. The minimum atomic E-state index is -4.55. The number of rotatable bonds is 2. The van der Waals surface area contributed by atoms with Gasteiger partial charge in [-0.25, -0.2) is 0 Å². The van der Waals surface area contributed by atoms with Gasteiger partial charge in [0.2, 0.25) is 0 Å². The van der Waals surface area contributed by atoms with E-state index in [9.17, 15) is 9.13 Å². The van der Waals surface area contributed by atoms with E-state index < -0.39 is 21.1 Å². The van der Waals surface area contributed by atoms with Gasteiger partial charge in [-0.1, -0.05) is 0 Å². The molecule has 0 fully saturated rings. The van der Waals surface area contributed by atoms with Crippen molar-refractivity contribution in [3.05, 3.63) is 0 Å². The van der Waals surface area contributed by atoms with Crippen LogP contribution in [0.2, 0.25) is 0 Å². The van der Waals surface area contributed by atoms with Crippen molar-refractivity contribution in [1.29, 1.82) is 0 Å². The fourth-order valence-electron chi connectivity index (χ4n) is 0.240. The largest absolute Gasteiger partial charge is 0.412 e. The molecule has 0 aromatic carbocycles. The first-order chi connectivity index (χ1) is 3.71. The third-order valence-electron chi connectivity index (χ3n) is 0.368. The lowest BCUT2D eigenvalue weighted by Gasteiger charge is -2.03. The highest BCUT2D eigenvalue weighted by Gasteiger charge is 2.26. The molecular weight excluding hydrogens is 202 g/mol. The fourth-order valence-corrected chi connectivity index (χ4v) is 2.16. The van der Waals surface area contributed by atoms with Gasteiger partial charge in [0.25, 0.3) is 0 Å². The molecule has 0 aliphatic carbocycles. The fraction of sp³-hybridized carbons (Fsp3) is 1.00. The van der Waals surface area contributed by atoms with Crippen LogP contribution in [0.1, 0.15) is 0 Å². The second kappa shape index (κ2) is 4.97. The Bertz CT molecular complexity index is 153. The first-order valence-electron chi connectivity index (χ1n) is 1.80. The Morgan fingerprint density at radius 3 is 1.00 bits per heavy atom. The molecule has 72 valence electrons. The Hall–Kier alpha value is 0.220. The second-order valence-corrected chi connectivity index (χ2v) is 5.26. The topological polar surface area (TPSA) is 178 Å². The molecule has 0 rings (SSSR count). The summed E-state index contributed by atoms with van der Waals surface area (Å²) in [6.45, 7) is 0.